The summed E-state index contributed by atoms with van der Waals surface area (Å²) < 4.78 is 17.6. The van der Waals surface area contributed by atoms with Crippen molar-refractivity contribution in [1.82, 2.24) is 0 Å². The van der Waals surface area contributed by atoms with E-state index in [0.29, 0.717) is 5.56 Å². The molecule has 16 heavy (non-hydrogen) atoms. The number of carbonyl (C=O) groups excluding carboxylic acids is 1. The quantitative estimate of drug-likeness (QED) is 0.441. The van der Waals surface area contributed by atoms with Crippen molar-refractivity contribution in [3.05, 3.63) is 33.6 Å². The summed E-state index contributed by atoms with van der Waals surface area (Å²) in [6.07, 6.45) is 0. The van der Waals surface area contributed by atoms with Crippen molar-refractivity contribution in [2.24, 2.45) is 0 Å². The molecule has 0 aromatic heterocycles. The molecule has 0 radical (unpaired) electrons. The molecule has 0 atom stereocenters. The van der Waals surface area contributed by atoms with E-state index in [4.69, 9.17) is 23.2 Å². The van der Waals surface area contributed by atoms with Crippen molar-refractivity contribution in [2.75, 3.05) is 6.61 Å². The zero-order valence-corrected chi connectivity index (χ0v) is 9.82. The maximum atomic E-state index is 13.0. The lowest BCUT2D eigenvalue weighted by Crippen LogP contribution is -1.99. The number of ether oxygens (including phenoxy) is 1. The second-order valence-corrected chi connectivity index (χ2v) is 3.54. The van der Waals surface area contributed by atoms with Crippen LogP contribution in [0.3, 0.4) is 0 Å². The zero-order valence-electron chi connectivity index (χ0n) is 8.31. The van der Waals surface area contributed by atoms with E-state index in [0.717, 1.165) is 0 Å². The van der Waals surface area contributed by atoms with E-state index < -0.39 is 11.8 Å². The van der Waals surface area contributed by atoms with Gasteiger partial charge in [-0.2, -0.15) is 0 Å². The van der Waals surface area contributed by atoms with Gasteiger partial charge in [0.25, 0.3) is 0 Å². The number of esters is 1. The van der Waals surface area contributed by atoms with E-state index in [-0.39, 0.29) is 16.7 Å². The van der Waals surface area contributed by atoms with Crippen LogP contribution in [0.4, 0.5) is 4.39 Å². The highest BCUT2D eigenvalue weighted by Crippen LogP contribution is 2.24. The molecule has 0 spiro atoms. The number of carbonyl (C=O) groups is 1. The van der Waals surface area contributed by atoms with Gasteiger partial charge in [-0.05, 0) is 19.1 Å². The van der Waals surface area contributed by atoms with Crippen molar-refractivity contribution < 1.29 is 13.9 Å². The van der Waals surface area contributed by atoms with Gasteiger partial charge in [0, 0.05) is 11.5 Å². The van der Waals surface area contributed by atoms with Gasteiger partial charge in [0.05, 0.1) is 16.7 Å². The lowest BCUT2D eigenvalue weighted by Gasteiger charge is -1.98. The second-order valence-electron chi connectivity index (χ2n) is 2.72. The normalized spacial score (nSPS) is 9.25. The fourth-order valence-electron chi connectivity index (χ4n) is 0.918. The molecule has 0 amide bonds. The Labute approximate surface area is 102 Å². The monoisotopic (exact) mass is 260 g/mol. The Hall–Kier alpha value is -1.24. The van der Waals surface area contributed by atoms with Crippen molar-refractivity contribution >= 4 is 29.2 Å². The summed E-state index contributed by atoms with van der Waals surface area (Å²) in [6.45, 7) is 1.92. The van der Waals surface area contributed by atoms with Crippen LogP contribution in [0.15, 0.2) is 12.1 Å². The van der Waals surface area contributed by atoms with E-state index in [9.17, 15) is 9.18 Å². The summed E-state index contributed by atoms with van der Waals surface area (Å²) in [5, 5.41) is -0.277. The number of benzene rings is 1. The molecule has 0 aliphatic carbocycles. The topological polar surface area (TPSA) is 26.3 Å². The van der Waals surface area contributed by atoms with Crippen molar-refractivity contribution in [1.29, 1.82) is 0 Å². The Morgan fingerprint density at radius 2 is 2.00 bits per heavy atom. The minimum atomic E-state index is -0.704. The SMILES string of the molecule is CCOC(=O)C#Cc1cc(Cl)c(F)c(Cl)c1. The average Bonchev–Trinajstić information content (AvgIpc) is 2.23. The van der Waals surface area contributed by atoms with E-state index >= 15 is 0 Å². The molecule has 5 heteroatoms. The van der Waals surface area contributed by atoms with Crippen LogP contribution >= 0.6 is 23.2 Å². The van der Waals surface area contributed by atoms with Crippen LogP contribution in [0.5, 0.6) is 0 Å². The van der Waals surface area contributed by atoms with Gasteiger partial charge in [-0.15, -0.1) is 0 Å². The third-order valence-electron chi connectivity index (χ3n) is 1.57. The van der Waals surface area contributed by atoms with Crippen LogP contribution in [-0.4, -0.2) is 12.6 Å². The summed E-state index contributed by atoms with van der Waals surface area (Å²) in [5.41, 5.74) is 0.351. The van der Waals surface area contributed by atoms with Gasteiger partial charge in [0.1, 0.15) is 0 Å². The van der Waals surface area contributed by atoms with E-state index in [1.54, 1.807) is 6.92 Å². The Kier molecular flexibility index (Phi) is 4.60. The summed E-state index contributed by atoms with van der Waals surface area (Å²) in [4.78, 5) is 10.9. The molecule has 0 heterocycles. The molecule has 0 aliphatic rings. The molecule has 2 nitrogen and oxygen atoms in total. The molecule has 0 N–H and O–H groups in total. The van der Waals surface area contributed by atoms with Crippen LogP contribution in [0.25, 0.3) is 0 Å². The Bertz CT molecular complexity index is 452. The molecule has 1 aromatic rings. The minimum absolute atomic E-state index is 0.138. The predicted octanol–water partition coefficient (Wildman–Crippen LogP) is 3.05. The average molecular weight is 261 g/mol. The Morgan fingerprint density at radius 1 is 1.44 bits per heavy atom. The maximum Gasteiger partial charge on any atom is 0.384 e. The first-order valence-electron chi connectivity index (χ1n) is 4.38. The summed E-state index contributed by atoms with van der Waals surface area (Å²) in [6, 6.07) is 2.57. The lowest BCUT2D eigenvalue weighted by molar-refractivity contribution is -0.136. The molecule has 0 saturated heterocycles. The first kappa shape index (κ1) is 12.8. The smallest absolute Gasteiger partial charge is 0.384 e. The molecule has 0 bridgehead atoms. The minimum Gasteiger partial charge on any atom is -0.456 e. The highest BCUT2D eigenvalue weighted by molar-refractivity contribution is 6.35. The Morgan fingerprint density at radius 3 is 2.50 bits per heavy atom. The second kappa shape index (κ2) is 5.74. The van der Waals surface area contributed by atoms with Crippen molar-refractivity contribution in [3.63, 3.8) is 0 Å². The fraction of sp³-hybridized carbons (Fsp3) is 0.182. The molecular formula is C11H7Cl2FO2. The maximum absolute atomic E-state index is 13.0. The van der Waals surface area contributed by atoms with Gasteiger partial charge in [0.2, 0.25) is 0 Å². The molecule has 84 valence electrons. The number of rotatable bonds is 1. The van der Waals surface area contributed by atoms with Crippen LogP contribution < -0.4 is 0 Å². The van der Waals surface area contributed by atoms with Crippen molar-refractivity contribution in [2.45, 2.75) is 6.92 Å². The van der Waals surface area contributed by atoms with Crippen LogP contribution in [0, 0.1) is 17.7 Å². The summed E-state index contributed by atoms with van der Waals surface area (Å²) in [5.74, 6) is 3.34. The molecule has 1 rings (SSSR count). The highest BCUT2D eigenvalue weighted by atomic mass is 35.5. The van der Waals surface area contributed by atoms with E-state index in [2.05, 4.69) is 16.6 Å². The van der Waals surface area contributed by atoms with E-state index in [1.807, 2.05) is 0 Å². The van der Waals surface area contributed by atoms with Crippen LogP contribution in [0.2, 0.25) is 10.0 Å². The third kappa shape index (κ3) is 3.41. The number of halogens is 3. The van der Waals surface area contributed by atoms with Crippen LogP contribution in [-0.2, 0) is 9.53 Å². The molecular weight excluding hydrogens is 254 g/mol. The summed E-state index contributed by atoms with van der Waals surface area (Å²) >= 11 is 11.1. The van der Waals surface area contributed by atoms with Gasteiger partial charge >= 0.3 is 5.97 Å². The standard InChI is InChI=1S/C11H7Cl2FO2/c1-2-16-10(15)4-3-7-5-8(12)11(14)9(13)6-7/h5-6H,2H2,1H3. The van der Waals surface area contributed by atoms with E-state index in [1.165, 1.54) is 12.1 Å². The van der Waals surface area contributed by atoms with Gasteiger partial charge in [0.15, 0.2) is 5.82 Å². The fourth-order valence-corrected chi connectivity index (χ4v) is 1.41. The molecule has 0 unspecified atom stereocenters. The predicted molar refractivity (Wildman–Crippen MR) is 59.9 cm³/mol. The number of hydrogen-bond donors (Lipinski definition) is 0. The Balaban J connectivity index is 2.94. The third-order valence-corrected chi connectivity index (χ3v) is 2.12. The van der Waals surface area contributed by atoms with Crippen LogP contribution in [0.1, 0.15) is 12.5 Å². The first-order chi connectivity index (χ1) is 7.54. The molecule has 0 aliphatic heterocycles. The highest BCUT2D eigenvalue weighted by Gasteiger charge is 2.06. The number of hydrogen-bond acceptors (Lipinski definition) is 2. The zero-order chi connectivity index (χ0) is 12.1. The van der Waals surface area contributed by atoms with Gasteiger partial charge in [-0.25, -0.2) is 9.18 Å². The lowest BCUT2D eigenvalue weighted by atomic mass is 10.2. The first-order valence-corrected chi connectivity index (χ1v) is 5.13. The molecule has 0 saturated carbocycles. The van der Waals surface area contributed by atoms with Crippen molar-refractivity contribution in [3.8, 4) is 11.8 Å². The van der Waals surface area contributed by atoms with Gasteiger partial charge in [-0.1, -0.05) is 29.1 Å². The van der Waals surface area contributed by atoms with Gasteiger partial charge < -0.3 is 4.74 Å². The molecule has 0 fully saturated rings. The largest absolute Gasteiger partial charge is 0.456 e. The summed E-state index contributed by atoms with van der Waals surface area (Å²) in [7, 11) is 0. The van der Waals surface area contributed by atoms with Gasteiger partial charge in [-0.3, -0.25) is 0 Å². The molecule has 1 aromatic carbocycles.